The van der Waals surface area contributed by atoms with Crippen LogP contribution in [0.4, 0.5) is 0 Å². The van der Waals surface area contributed by atoms with Crippen molar-refractivity contribution in [2.75, 3.05) is 0 Å². The Morgan fingerprint density at radius 3 is 2.43 bits per heavy atom. The van der Waals surface area contributed by atoms with E-state index in [2.05, 4.69) is 15.3 Å². The van der Waals surface area contributed by atoms with Crippen molar-refractivity contribution in [2.24, 2.45) is 0 Å². The summed E-state index contributed by atoms with van der Waals surface area (Å²) in [5.41, 5.74) is 2.28. The Labute approximate surface area is 136 Å². The van der Waals surface area contributed by atoms with Gasteiger partial charge in [-0.3, -0.25) is 4.79 Å². The fourth-order valence-electron chi connectivity index (χ4n) is 2.61. The van der Waals surface area contributed by atoms with Crippen LogP contribution in [-0.2, 0) is 10.2 Å². The second-order valence-electron chi connectivity index (χ2n) is 6.33. The number of rotatable bonds is 4. The summed E-state index contributed by atoms with van der Waals surface area (Å²) in [5.74, 6) is 0.750. The number of para-hydroxylation sites is 2. The number of imidazole rings is 1. The number of benzene rings is 2. The molecule has 4 nitrogen and oxygen atoms in total. The molecule has 0 radical (unpaired) electrons. The Morgan fingerprint density at radius 2 is 1.74 bits per heavy atom. The van der Waals surface area contributed by atoms with E-state index in [4.69, 9.17) is 0 Å². The van der Waals surface area contributed by atoms with Crippen molar-refractivity contribution in [3.63, 3.8) is 0 Å². The van der Waals surface area contributed by atoms with Crippen molar-refractivity contribution in [1.82, 2.24) is 15.3 Å². The van der Waals surface area contributed by atoms with Crippen LogP contribution in [0.1, 0.15) is 38.2 Å². The standard InChI is InChI=1S/C19H21N3O/c1-13(17-21-15-11-7-8-12-16(15)22-17)20-18(23)19(2,3)14-9-5-4-6-10-14/h4-13H,1-3H3,(H,20,23)(H,21,22)/t13-/m1/s1. The molecule has 1 aromatic heterocycles. The van der Waals surface area contributed by atoms with Crippen LogP contribution in [0, 0.1) is 0 Å². The first-order valence-corrected chi connectivity index (χ1v) is 7.79. The molecule has 2 N–H and O–H groups in total. The molecule has 118 valence electrons. The zero-order chi connectivity index (χ0) is 16.4. The number of nitrogens with zero attached hydrogens (tertiary/aromatic N) is 1. The third-order valence-electron chi connectivity index (χ3n) is 4.23. The number of amides is 1. The Balaban J connectivity index is 1.79. The molecule has 1 heterocycles. The highest BCUT2D eigenvalue weighted by Gasteiger charge is 2.31. The molecule has 0 aliphatic rings. The average molecular weight is 307 g/mol. The number of aromatic nitrogens is 2. The molecule has 4 heteroatoms. The number of hydrogen-bond donors (Lipinski definition) is 2. The van der Waals surface area contributed by atoms with Gasteiger partial charge >= 0.3 is 0 Å². The summed E-state index contributed by atoms with van der Waals surface area (Å²) >= 11 is 0. The highest BCUT2D eigenvalue weighted by molar-refractivity contribution is 5.87. The average Bonchev–Trinajstić information content (AvgIpc) is 2.99. The van der Waals surface area contributed by atoms with Crippen LogP contribution < -0.4 is 5.32 Å². The van der Waals surface area contributed by atoms with E-state index in [9.17, 15) is 4.79 Å². The molecule has 0 bridgehead atoms. The summed E-state index contributed by atoms with van der Waals surface area (Å²) in [4.78, 5) is 20.5. The van der Waals surface area contributed by atoms with Crippen molar-refractivity contribution in [1.29, 1.82) is 0 Å². The molecule has 0 aliphatic heterocycles. The lowest BCUT2D eigenvalue weighted by Gasteiger charge is -2.26. The summed E-state index contributed by atoms with van der Waals surface area (Å²) in [6.45, 7) is 5.81. The Kier molecular flexibility index (Phi) is 3.90. The lowest BCUT2D eigenvalue weighted by atomic mass is 9.83. The summed E-state index contributed by atoms with van der Waals surface area (Å²) < 4.78 is 0. The molecule has 0 spiro atoms. The first-order chi connectivity index (χ1) is 11.0. The fraction of sp³-hybridized carbons (Fsp3) is 0.263. The molecular formula is C19H21N3O. The molecule has 1 atom stereocenters. The van der Waals surface area contributed by atoms with Gasteiger partial charge in [-0.1, -0.05) is 42.5 Å². The number of hydrogen-bond acceptors (Lipinski definition) is 2. The lowest BCUT2D eigenvalue weighted by Crippen LogP contribution is -2.41. The summed E-state index contributed by atoms with van der Waals surface area (Å²) in [7, 11) is 0. The van der Waals surface area contributed by atoms with E-state index in [-0.39, 0.29) is 11.9 Å². The third-order valence-corrected chi connectivity index (χ3v) is 4.23. The minimum absolute atomic E-state index is 0.0170. The van der Waals surface area contributed by atoms with Crippen molar-refractivity contribution in [3.8, 4) is 0 Å². The number of H-pyrrole nitrogens is 1. The predicted molar refractivity (Wildman–Crippen MR) is 92.1 cm³/mol. The number of nitrogens with one attached hydrogen (secondary N) is 2. The Morgan fingerprint density at radius 1 is 1.09 bits per heavy atom. The summed E-state index contributed by atoms with van der Waals surface area (Å²) in [6, 6.07) is 17.5. The molecule has 23 heavy (non-hydrogen) atoms. The fourth-order valence-corrected chi connectivity index (χ4v) is 2.61. The normalized spacial score (nSPS) is 13.0. The maximum absolute atomic E-state index is 12.7. The van der Waals surface area contributed by atoms with Crippen LogP contribution in [-0.4, -0.2) is 15.9 Å². The van der Waals surface area contributed by atoms with E-state index in [1.54, 1.807) is 0 Å². The van der Waals surface area contributed by atoms with Crippen LogP contribution in [0.15, 0.2) is 54.6 Å². The molecule has 0 fully saturated rings. The lowest BCUT2D eigenvalue weighted by molar-refractivity contribution is -0.126. The quantitative estimate of drug-likeness (QED) is 0.772. The topological polar surface area (TPSA) is 57.8 Å². The van der Waals surface area contributed by atoms with Gasteiger partial charge in [0, 0.05) is 0 Å². The zero-order valence-electron chi connectivity index (χ0n) is 13.6. The van der Waals surface area contributed by atoms with Crippen LogP contribution in [0.5, 0.6) is 0 Å². The SMILES string of the molecule is C[C@@H](NC(=O)C(C)(C)c1ccccc1)c1nc2ccccc2[nH]1. The molecule has 0 aliphatic carbocycles. The van der Waals surface area contributed by atoms with Gasteiger partial charge in [-0.2, -0.15) is 0 Å². The Bertz CT molecular complexity index is 788. The van der Waals surface area contributed by atoms with E-state index in [0.717, 1.165) is 22.4 Å². The number of carbonyl (C=O) groups excluding carboxylic acids is 1. The van der Waals surface area contributed by atoms with E-state index in [1.807, 2.05) is 75.4 Å². The second kappa shape index (κ2) is 5.88. The van der Waals surface area contributed by atoms with Gasteiger partial charge < -0.3 is 10.3 Å². The largest absolute Gasteiger partial charge is 0.346 e. The summed E-state index contributed by atoms with van der Waals surface area (Å²) in [5, 5.41) is 3.06. The van der Waals surface area contributed by atoms with Crippen molar-refractivity contribution in [2.45, 2.75) is 32.2 Å². The number of aromatic amines is 1. The van der Waals surface area contributed by atoms with Gasteiger partial charge in [0.25, 0.3) is 0 Å². The van der Waals surface area contributed by atoms with Gasteiger partial charge in [0.1, 0.15) is 5.82 Å². The molecule has 1 amide bonds. The Hall–Kier alpha value is -2.62. The molecular weight excluding hydrogens is 286 g/mol. The number of carbonyl (C=O) groups is 1. The molecule has 0 saturated heterocycles. The molecule has 0 saturated carbocycles. The molecule has 3 aromatic rings. The van der Waals surface area contributed by atoms with Crippen molar-refractivity contribution in [3.05, 3.63) is 66.0 Å². The van der Waals surface area contributed by atoms with Gasteiger partial charge in [0.05, 0.1) is 22.5 Å². The van der Waals surface area contributed by atoms with Crippen LogP contribution in [0.25, 0.3) is 11.0 Å². The molecule has 2 aromatic carbocycles. The predicted octanol–water partition coefficient (Wildman–Crippen LogP) is 3.72. The first-order valence-electron chi connectivity index (χ1n) is 7.79. The van der Waals surface area contributed by atoms with E-state index >= 15 is 0 Å². The van der Waals surface area contributed by atoms with E-state index in [1.165, 1.54) is 0 Å². The third kappa shape index (κ3) is 2.97. The van der Waals surface area contributed by atoms with Gasteiger partial charge in [-0.05, 0) is 38.5 Å². The van der Waals surface area contributed by atoms with Crippen molar-refractivity contribution < 1.29 is 4.79 Å². The van der Waals surface area contributed by atoms with Crippen LogP contribution in [0.3, 0.4) is 0 Å². The highest BCUT2D eigenvalue weighted by Crippen LogP contribution is 2.24. The second-order valence-corrected chi connectivity index (χ2v) is 6.33. The summed E-state index contributed by atoms with van der Waals surface area (Å²) in [6.07, 6.45) is 0. The van der Waals surface area contributed by atoms with E-state index in [0.29, 0.717) is 0 Å². The maximum atomic E-state index is 12.7. The van der Waals surface area contributed by atoms with Crippen molar-refractivity contribution >= 4 is 16.9 Å². The van der Waals surface area contributed by atoms with Crippen LogP contribution >= 0.6 is 0 Å². The molecule has 3 rings (SSSR count). The molecule has 0 unspecified atom stereocenters. The highest BCUT2D eigenvalue weighted by atomic mass is 16.2. The monoisotopic (exact) mass is 307 g/mol. The first kappa shape index (κ1) is 15.3. The number of fused-ring (bicyclic) bond motifs is 1. The van der Waals surface area contributed by atoms with Gasteiger partial charge in [0.2, 0.25) is 5.91 Å². The van der Waals surface area contributed by atoms with E-state index < -0.39 is 5.41 Å². The van der Waals surface area contributed by atoms with Crippen LogP contribution in [0.2, 0.25) is 0 Å². The zero-order valence-corrected chi connectivity index (χ0v) is 13.6. The van der Waals surface area contributed by atoms with Gasteiger partial charge in [-0.15, -0.1) is 0 Å². The smallest absolute Gasteiger partial charge is 0.230 e. The minimum Gasteiger partial charge on any atom is -0.346 e. The maximum Gasteiger partial charge on any atom is 0.230 e. The van der Waals surface area contributed by atoms with Gasteiger partial charge in [0.15, 0.2) is 0 Å². The minimum atomic E-state index is -0.596. The van der Waals surface area contributed by atoms with Gasteiger partial charge in [-0.25, -0.2) is 4.98 Å².